The van der Waals surface area contributed by atoms with Gasteiger partial charge in [0.05, 0.1) is 0 Å². The van der Waals surface area contributed by atoms with E-state index in [9.17, 15) is 9.90 Å². The Labute approximate surface area is 212 Å². The monoisotopic (exact) mass is 489 g/mol. The SMILES string of the molecule is CC(C)(C)c1cc2[nH]ccc2cc1SC1=C(O)C[C@@](CCc2ccccc2)(C2CCCC2)OC1=O. The number of aromatic nitrogens is 1. The number of aliphatic hydroxyl groups excluding tert-OH is 1. The molecule has 1 aliphatic carbocycles. The van der Waals surface area contributed by atoms with Crippen LogP contribution in [-0.4, -0.2) is 21.7 Å². The van der Waals surface area contributed by atoms with Crippen LogP contribution in [0.25, 0.3) is 10.9 Å². The quantitative estimate of drug-likeness (QED) is 0.346. The first-order valence-electron chi connectivity index (χ1n) is 12.7. The molecular weight excluding hydrogens is 454 g/mol. The molecule has 1 aromatic heterocycles. The zero-order valence-electron chi connectivity index (χ0n) is 20.9. The van der Waals surface area contributed by atoms with E-state index in [2.05, 4.69) is 50.0 Å². The highest BCUT2D eigenvalue weighted by Crippen LogP contribution is 2.49. The van der Waals surface area contributed by atoms with Crippen molar-refractivity contribution in [2.75, 3.05) is 0 Å². The summed E-state index contributed by atoms with van der Waals surface area (Å²) in [5.74, 6) is 0.0955. The largest absolute Gasteiger partial charge is 0.511 e. The lowest BCUT2D eigenvalue weighted by molar-refractivity contribution is -0.166. The summed E-state index contributed by atoms with van der Waals surface area (Å²) in [5.41, 5.74) is 2.71. The molecule has 35 heavy (non-hydrogen) atoms. The Kier molecular flexibility index (Phi) is 6.47. The van der Waals surface area contributed by atoms with E-state index in [1.807, 2.05) is 30.5 Å². The second-order valence-corrected chi connectivity index (χ2v) is 12.2. The van der Waals surface area contributed by atoms with E-state index in [1.54, 1.807) is 0 Å². The number of hydrogen-bond acceptors (Lipinski definition) is 4. The highest BCUT2D eigenvalue weighted by atomic mass is 32.2. The second-order valence-electron chi connectivity index (χ2n) is 11.1. The van der Waals surface area contributed by atoms with Crippen LogP contribution in [0, 0.1) is 5.92 Å². The molecule has 1 fully saturated rings. The molecule has 0 radical (unpaired) electrons. The Bertz CT molecular complexity index is 1250. The number of H-pyrrole nitrogens is 1. The van der Waals surface area contributed by atoms with E-state index in [0.29, 0.717) is 17.2 Å². The lowest BCUT2D eigenvalue weighted by Crippen LogP contribution is -2.45. The van der Waals surface area contributed by atoms with Gasteiger partial charge in [0, 0.05) is 28.4 Å². The number of fused-ring (bicyclic) bond motifs is 1. The molecule has 2 aromatic carbocycles. The second kappa shape index (κ2) is 9.42. The topological polar surface area (TPSA) is 62.3 Å². The Morgan fingerprint density at radius 3 is 2.54 bits per heavy atom. The maximum atomic E-state index is 13.5. The number of hydrogen-bond donors (Lipinski definition) is 2. The van der Waals surface area contributed by atoms with E-state index in [-0.39, 0.29) is 17.1 Å². The maximum Gasteiger partial charge on any atom is 0.349 e. The predicted molar refractivity (Wildman–Crippen MR) is 143 cm³/mol. The molecule has 0 spiro atoms. The van der Waals surface area contributed by atoms with Crippen molar-refractivity contribution in [1.29, 1.82) is 0 Å². The maximum absolute atomic E-state index is 13.5. The molecule has 5 heteroatoms. The van der Waals surface area contributed by atoms with Crippen LogP contribution in [-0.2, 0) is 21.4 Å². The number of esters is 1. The van der Waals surface area contributed by atoms with Crippen molar-refractivity contribution < 1.29 is 14.6 Å². The molecule has 0 amide bonds. The Morgan fingerprint density at radius 1 is 1.11 bits per heavy atom. The van der Waals surface area contributed by atoms with Crippen LogP contribution in [0.15, 0.2) is 70.3 Å². The molecule has 4 nitrogen and oxygen atoms in total. The third-order valence-corrected chi connectivity index (χ3v) is 8.83. The van der Waals surface area contributed by atoms with Crippen molar-refractivity contribution >= 4 is 28.6 Å². The molecule has 3 aromatic rings. The van der Waals surface area contributed by atoms with E-state index >= 15 is 0 Å². The van der Waals surface area contributed by atoms with Crippen molar-refractivity contribution in [3.63, 3.8) is 0 Å². The highest BCUT2D eigenvalue weighted by molar-refractivity contribution is 8.04. The van der Waals surface area contributed by atoms with Crippen molar-refractivity contribution in [3.8, 4) is 0 Å². The molecule has 2 N–H and O–H groups in total. The van der Waals surface area contributed by atoms with E-state index in [0.717, 1.165) is 59.9 Å². The molecule has 1 saturated carbocycles. The molecular formula is C30H35NO3S. The van der Waals surface area contributed by atoms with Crippen molar-refractivity contribution in [2.45, 2.75) is 81.6 Å². The normalized spacial score (nSPS) is 21.6. The van der Waals surface area contributed by atoms with Crippen LogP contribution in [0.1, 0.15) is 70.4 Å². The van der Waals surface area contributed by atoms with Crippen molar-refractivity contribution in [1.82, 2.24) is 4.98 Å². The Morgan fingerprint density at radius 2 is 1.86 bits per heavy atom. The van der Waals surface area contributed by atoms with Crippen molar-refractivity contribution in [3.05, 3.63) is 76.5 Å². The zero-order chi connectivity index (χ0) is 24.6. The van der Waals surface area contributed by atoms with Gasteiger partial charge in [-0.05, 0) is 66.3 Å². The minimum Gasteiger partial charge on any atom is -0.511 e. The molecule has 2 heterocycles. The molecule has 0 unspecified atom stereocenters. The average molecular weight is 490 g/mol. The number of benzene rings is 2. The van der Waals surface area contributed by atoms with Crippen LogP contribution in [0.5, 0.6) is 0 Å². The number of carbonyl (C=O) groups excluding carboxylic acids is 1. The number of cyclic esters (lactones) is 1. The third-order valence-electron chi connectivity index (χ3n) is 7.66. The summed E-state index contributed by atoms with van der Waals surface area (Å²) in [7, 11) is 0. The number of thioether (sulfide) groups is 1. The minimum absolute atomic E-state index is 0.111. The van der Waals surface area contributed by atoms with E-state index in [1.165, 1.54) is 17.3 Å². The summed E-state index contributed by atoms with van der Waals surface area (Å²) in [5, 5.41) is 12.4. The Balaban J connectivity index is 1.47. The number of ether oxygens (including phenoxy) is 1. The number of aryl methyl sites for hydroxylation is 1. The molecule has 0 bridgehead atoms. The molecule has 1 atom stereocenters. The standard InChI is InChI=1S/C30H35NO3S/c1-29(2,3)23-18-24-21(14-16-31-24)17-26(23)35-27-25(32)19-30(34-28(27)33,22-11-7-8-12-22)15-13-20-9-5-4-6-10-20/h4-6,9-10,14,16-18,22,31-32H,7-8,11-13,15,19H2,1-3H3/t30-/m0/s1. The van der Waals surface area contributed by atoms with Gasteiger partial charge in [-0.25, -0.2) is 4.79 Å². The van der Waals surface area contributed by atoms with Gasteiger partial charge in [0.2, 0.25) is 0 Å². The number of aromatic amines is 1. The first-order valence-corrected chi connectivity index (χ1v) is 13.6. The van der Waals surface area contributed by atoms with E-state index in [4.69, 9.17) is 4.74 Å². The summed E-state index contributed by atoms with van der Waals surface area (Å²) in [6.07, 6.45) is 8.32. The van der Waals surface area contributed by atoms with Gasteiger partial charge in [0.1, 0.15) is 16.3 Å². The molecule has 1 aliphatic heterocycles. The summed E-state index contributed by atoms with van der Waals surface area (Å²) >= 11 is 1.35. The van der Waals surface area contributed by atoms with Gasteiger partial charge in [-0.2, -0.15) is 0 Å². The van der Waals surface area contributed by atoms with Crippen molar-refractivity contribution in [2.24, 2.45) is 5.92 Å². The number of rotatable bonds is 6. The summed E-state index contributed by atoms with van der Waals surface area (Å²) in [6, 6.07) is 16.7. The van der Waals surface area contributed by atoms with Gasteiger partial charge in [-0.1, -0.05) is 75.7 Å². The smallest absolute Gasteiger partial charge is 0.349 e. The predicted octanol–water partition coefficient (Wildman–Crippen LogP) is 7.84. The molecule has 184 valence electrons. The number of aliphatic hydroxyl groups is 1. The van der Waals surface area contributed by atoms with Gasteiger partial charge in [0.15, 0.2) is 0 Å². The van der Waals surface area contributed by atoms with Gasteiger partial charge in [0.25, 0.3) is 0 Å². The summed E-state index contributed by atoms with van der Waals surface area (Å²) in [6.45, 7) is 6.51. The first kappa shape index (κ1) is 24.1. The first-order chi connectivity index (χ1) is 16.7. The van der Waals surface area contributed by atoms with Gasteiger partial charge in [-0.15, -0.1) is 0 Å². The Hall–Kier alpha value is -2.66. The fraction of sp³-hybridized carbons (Fsp3) is 0.433. The molecule has 0 saturated heterocycles. The lowest BCUT2D eigenvalue weighted by Gasteiger charge is -2.41. The molecule has 5 rings (SSSR count). The summed E-state index contributed by atoms with van der Waals surface area (Å²) < 4.78 is 6.35. The van der Waals surface area contributed by atoms with E-state index < -0.39 is 5.60 Å². The number of carbonyl (C=O) groups is 1. The van der Waals surface area contributed by atoms with Crippen LogP contribution in [0.3, 0.4) is 0 Å². The fourth-order valence-corrected chi connectivity index (χ4v) is 6.93. The average Bonchev–Trinajstić information content (AvgIpc) is 3.52. The zero-order valence-corrected chi connectivity index (χ0v) is 21.7. The number of nitrogens with one attached hydrogen (secondary N) is 1. The van der Waals surface area contributed by atoms with Gasteiger partial charge < -0.3 is 14.8 Å². The van der Waals surface area contributed by atoms with Crippen LogP contribution >= 0.6 is 11.8 Å². The summed E-state index contributed by atoms with van der Waals surface area (Å²) in [4.78, 5) is 18.1. The van der Waals surface area contributed by atoms with Crippen LogP contribution in [0.4, 0.5) is 0 Å². The minimum atomic E-state index is -0.630. The lowest BCUT2D eigenvalue weighted by atomic mass is 9.77. The molecule has 2 aliphatic rings. The van der Waals surface area contributed by atoms with Gasteiger partial charge in [-0.3, -0.25) is 0 Å². The van der Waals surface area contributed by atoms with Crippen LogP contribution in [0.2, 0.25) is 0 Å². The highest BCUT2D eigenvalue weighted by Gasteiger charge is 2.48. The third kappa shape index (κ3) is 4.88. The fourth-order valence-electron chi connectivity index (χ4n) is 5.73. The van der Waals surface area contributed by atoms with Gasteiger partial charge >= 0.3 is 5.97 Å². The van der Waals surface area contributed by atoms with Crippen LogP contribution < -0.4 is 0 Å².